The Labute approximate surface area is 108 Å². The predicted octanol–water partition coefficient (Wildman–Crippen LogP) is 2.85. The number of aryl methyl sites for hydroxylation is 1. The van der Waals surface area contributed by atoms with Crippen LogP contribution in [0.25, 0.3) is 5.69 Å². The van der Waals surface area contributed by atoms with Gasteiger partial charge in [-0.25, -0.2) is 9.07 Å². The second-order valence-corrected chi connectivity index (χ2v) is 4.71. The van der Waals surface area contributed by atoms with Gasteiger partial charge in [-0.1, -0.05) is 0 Å². The topological polar surface area (TPSA) is 43.8 Å². The molecule has 0 spiro atoms. The molecule has 0 aliphatic carbocycles. The third-order valence-corrected chi connectivity index (χ3v) is 3.77. The lowest BCUT2D eigenvalue weighted by molar-refractivity contribution is 0.622. The lowest BCUT2D eigenvalue weighted by Crippen LogP contribution is -2.03. The van der Waals surface area contributed by atoms with Gasteiger partial charge in [-0.15, -0.1) is 0 Å². The van der Waals surface area contributed by atoms with E-state index in [2.05, 4.69) is 21.0 Å². The lowest BCUT2D eigenvalue weighted by atomic mass is 10.2. The first-order valence-electron chi connectivity index (χ1n) is 5.24. The van der Waals surface area contributed by atoms with Crippen LogP contribution in [0.3, 0.4) is 0 Å². The van der Waals surface area contributed by atoms with Gasteiger partial charge in [0.2, 0.25) is 0 Å². The monoisotopic (exact) mass is 297 g/mol. The van der Waals surface area contributed by atoms with Gasteiger partial charge in [0, 0.05) is 6.54 Å². The summed E-state index contributed by atoms with van der Waals surface area (Å²) in [4.78, 5) is 0. The third kappa shape index (κ3) is 2.25. The van der Waals surface area contributed by atoms with Crippen LogP contribution >= 0.6 is 15.9 Å². The molecule has 2 N–H and O–H groups in total. The number of halogens is 2. The van der Waals surface area contributed by atoms with Gasteiger partial charge in [-0.2, -0.15) is 5.10 Å². The van der Waals surface area contributed by atoms with Crippen LogP contribution in [-0.4, -0.2) is 9.78 Å². The van der Waals surface area contributed by atoms with E-state index in [-0.39, 0.29) is 5.82 Å². The van der Waals surface area contributed by atoms with Gasteiger partial charge < -0.3 is 5.73 Å². The summed E-state index contributed by atoms with van der Waals surface area (Å²) in [5.41, 5.74) is 8.79. The van der Waals surface area contributed by atoms with E-state index in [0.29, 0.717) is 12.2 Å². The van der Waals surface area contributed by atoms with Crippen molar-refractivity contribution in [3.63, 3.8) is 0 Å². The molecule has 0 atom stereocenters. The predicted molar refractivity (Wildman–Crippen MR) is 68.6 cm³/mol. The number of nitrogens with zero attached hydrogens (tertiary/aromatic N) is 2. The van der Waals surface area contributed by atoms with Crippen LogP contribution in [0.4, 0.5) is 4.39 Å². The first-order valence-corrected chi connectivity index (χ1v) is 6.04. The fraction of sp³-hybridized carbons (Fsp3) is 0.250. The highest BCUT2D eigenvalue weighted by atomic mass is 79.9. The van der Waals surface area contributed by atoms with E-state index in [1.807, 2.05) is 19.9 Å². The Balaban J connectivity index is 2.59. The average molecular weight is 298 g/mol. The van der Waals surface area contributed by atoms with E-state index in [1.165, 1.54) is 12.1 Å². The molecule has 0 amide bonds. The largest absolute Gasteiger partial charge is 0.326 e. The van der Waals surface area contributed by atoms with E-state index in [4.69, 9.17) is 5.73 Å². The molecule has 1 aromatic carbocycles. The van der Waals surface area contributed by atoms with Gasteiger partial charge in [0.1, 0.15) is 5.82 Å². The molecule has 1 heterocycles. The Hall–Kier alpha value is -1.20. The molecule has 2 aromatic rings. The maximum atomic E-state index is 13.4. The number of rotatable bonds is 2. The molecular weight excluding hydrogens is 285 g/mol. The molecule has 3 nitrogen and oxygen atoms in total. The smallest absolute Gasteiger partial charge is 0.125 e. The summed E-state index contributed by atoms with van der Waals surface area (Å²) in [6.45, 7) is 4.14. The van der Waals surface area contributed by atoms with Crippen LogP contribution in [0.2, 0.25) is 0 Å². The quantitative estimate of drug-likeness (QED) is 0.926. The van der Waals surface area contributed by atoms with Gasteiger partial charge >= 0.3 is 0 Å². The maximum Gasteiger partial charge on any atom is 0.125 e. The highest BCUT2D eigenvalue weighted by molar-refractivity contribution is 9.10. The van der Waals surface area contributed by atoms with Crippen LogP contribution in [0, 0.1) is 19.7 Å². The number of hydrogen-bond acceptors (Lipinski definition) is 2. The molecular formula is C12H13BrFN3. The minimum atomic E-state index is -0.299. The van der Waals surface area contributed by atoms with Crippen molar-refractivity contribution >= 4 is 15.9 Å². The zero-order valence-electron chi connectivity index (χ0n) is 9.67. The van der Waals surface area contributed by atoms with Crippen molar-refractivity contribution in [2.45, 2.75) is 20.4 Å². The molecule has 0 saturated heterocycles. The normalized spacial score (nSPS) is 10.9. The minimum absolute atomic E-state index is 0.299. The summed E-state index contributed by atoms with van der Waals surface area (Å²) in [6.07, 6.45) is 0. The van der Waals surface area contributed by atoms with Crippen LogP contribution in [0.15, 0.2) is 22.7 Å². The summed E-state index contributed by atoms with van der Waals surface area (Å²) in [7, 11) is 0. The Bertz CT molecular complexity index is 563. The average Bonchev–Trinajstić information content (AvgIpc) is 2.56. The molecule has 0 bridgehead atoms. The number of aromatic nitrogens is 2. The van der Waals surface area contributed by atoms with Gasteiger partial charge in [0.15, 0.2) is 0 Å². The first-order chi connectivity index (χ1) is 8.02. The summed E-state index contributed by atoms with van der Waals surface area (Å²) in [6, 6.07) is 4.73. The van der Waals surface area contributed by atoms with Crippen molar-refractivity contribution in [1.82, 2.24) is 9.78 Å². The van der Waals surface area contributed by atoms with Gasteiger partial charge in [0.25, 0.3) is 0 Å². The Morgan fingerprint density at radius 1 is 1.35 bits per heavy atom. The van der Waals surface area contributed by atoms with E-state index in [1.54, 1.807) is 4.68 Å². The molecule has 5 heteroatoms. The summed E-state index contributed by atoms with van der Waals surface area (Å²) >= 11 is 3.45. The minimum Gasteiger partial charge on any atom is -0.326 e. The van der Waals surface area contributed by atoms with E-state index in [9.17, 15) is 4.39 Å². The van der Waals surface area contributed by atoms with E-state index in [0.717, 1.165) is 21.4 Å². The van der Waals surface area contributed by atoms with Crippen LogP contribution < -0.4 is 5.73 Å². The summed E-state index contributed by atoms with van der Waals surface area (Å²) in [5.74, 6) is -0.299. The van der Waals surface area contributed by atoms with Crippen molar-refractivity contribution in [2.75, 3.05) is 0 Å². The van der Waals surface area contributed by atoms with Crippen LogP contribution in [-0.2, 0) is 6.54 Å². The second-order valence-electron chi connectivity index (χ2n) is 3.92. The molecule has 0 aliphatic rings. The molecule has 0 unspecified atom stereocenters. The lowest BCUT2D eigenvalue weighted by Gasteiger charge is -2.07. The van der Waals surface area contributed by atoms with Crippen molar-refractivity contribution < 1.29 is 4.39 Å². The summed E-state index contributed by atoms with van der Waals surface area (Å²) < 4.78 is 16.1. The SMILES string of the molecule is Cc1nn(-c2cc(F)cc(CN)c2)c(C)c1Br. The molecule has 1 aromatic heterocycles. The van der Waals surface area contributed by atoms with Crippen LogP contribution in [0.5, 0.6) is 0 Å². The van der Waals surface area contributed by atoms with E-state index < -0.39 is 0 Å². The Morgan fingerprint density at radius 2 is 2.06 bits per heavy atom. The third-order valence-electron chi connectivity index (χ3n) is 2.63. The van der Waals surface area contributed by atoms with Gasteiger partial charge in [-0.05, 0) is 53.5 Å². The highest BCUT2D eigenvalue weighted by Crippen LogP contribution is 2.23. The Kier molecular flexibility index (Phi) is 3.31. The standard InChI is InChI=1S/C12H13BrFN3/c1-7-12(13)8(2)17(16-7)11-4-9(6-15)3-10(14)5-11/h3-5H,6,15H2,1-2H3. The molecule has 0 radical (unpaired) electrons. The first kappa shape index (κ1) is 12.3. The fourth-order valence-corrected chi connectivity index (χ4v) is 2.00. The van der Waals surface area contributed by atoms with Crippen molar-refractivity contribution in [3.05, 3.63) is 45.4 Å². The van der Waals surface area contributed by atoms with Crippen molar-refractivity contribution in [1.29, 1.82) is 0 Å². The van der Waals surface area contributed by atoms with Gasteiger partial charge in [-0.3, -0.25) is 0 Å². The maximum absolute atomic E-state index is 13.4. The molecule has 17 heavy (non-hydrogen) atoms. The number of benzene rings is 1. The molecule has 0 fully saturated rings. The van der Waals surface area contributed by atoms with Crippen molar-refractivity contribution in [2.24, 2.45) is 5.73 Å². The summed E-state index contributed by atoms with van der Waals surface area (Å²) in [5, 5.41) is 4.36. The van der Waals surface area contributed by atoms with E-state index >= 15 is 0 Å². The zero-order valence-corrected chi connectivity index (χ0v) is 11.3. The Morgan fingerprint density at radius 3 is 2.59 bits per heavy atom. The molecule has 0 aliphatic heterocycles. The van der Waals surface area contributed by atoms with Crippen molar-refractivity contribution in [3.8, 4) is 5.69 Å². The molecule has 2 rings (SSSR count). The highest BCUT2D eigenvalue weighted by Gasteiger charge is 2.11. The molecule has 0 saturated carbocycles. The molecule has 90 valence electrons. The second kappa shape index (κ2) is 4.58. The zero-order chi connectivity index (χ0) is 12.6. The number of nitrogens with two attached hydrogens (primary N) is 1. The van der Waals surface area contributed by atoms with Crippen LogP contribution in [0.1, 0.15) is 17.0 Å². The fourth-order valence-electron chi connectivity index (χ4n) is 1.75. The number of hydrogen-bond donors (Lipinski definition) is 1. The van der Waals surface area contributed by atoms with Gasteiger partial charge in [0.05, 0.1) is 21.5 Å².